The van der Waals surface area contributed by atoms with Gasteiger partial charge in [-0.25, -0.2) is 0 Å². The summed E-state index contributed by atoms with van der Waals surface area (Å²) in [6.45, 7) is 1.02. The zero-order valence-corrected chi connectivity index (χ0v) is 13.6. The van der Waals surface area contributed by atoms with Crippen molar-refractivity contribution in [3.05, 3.63) is 33.8 Å². The number of benzene rings is 1. The molecule has 128 valence electrons. The van der Waals surface area contributed by atoms with Crippen molar-refractivity contribution in [1.29, 1.82) is 0 Å². The van der Waals surface area contributed by atoms with Gasteiger partial charge in [-0.05, 0) is 18.2 Å². The lowest BCUT2D eigenvalue weighted by Gasteiger charge is -2.35. The van der Waals surface area contributed by atoms with Crippen molar-refractivity contribution in [2.75, 3.05) is 32.7 Å². The van der Waals surface area contributed by atoms with Gasteiger partial charge >= 0.3 is 6.18 Å². The molecule has 2 rings (SSSR count). The highest BCUT2D eigenvalue weighted by Gasteiger charge is 2.43. The van der Waals surface area contributed by atoms with Gasteiger partial charge in [0, 0.05) is 48.3 Å². The molecule has 1 fully saturated rings. The summed E-state index contributed by atoms with van der Waals surface area (Å²) < 4.78 is 39.7. The molecule has 9 heteroatoms. The summed E-state index contributed by atoms with van der Waals surface area (Å²) in [5.74, 6) is -0.640. The Morgan fingerprint density at radius 3 is 2.30 bits per heavy atom. The zero-order valence-electron chi connectivity index (χ0n) is 12.1. The molecule has 2 N–H and O–H groups in total. The summed E-state index contributed by atoms with van der Waals surface area (Å²) in [6, 6.07) is 2.44. The summed E-state index contributed by atoms with van der Waals surface area (Å²) in [4.78, 5) is 13.4. The van der Waals surface area contributed by atoms with E-state index in [-0.39, 0.29) is 28.7 Å². The van der Waals surface area contributed by atoms with Gasteiger partial charge in [0.25, 0.3) is 5.91 Å². The summed E-state index contributed by atoms with van der Waals surface area (Å²) in [5.41, 5.74) is 0.128. The largest absolute Gasteiger partial charge is 0.405 e. The van der Waals surface area contributed by atoms with E-state index in [0.29, 0.717) is 13.1 Å². The van der Waals surface area contributed by atoms with E-state index in [4.69, 9.17) is 23.2 Å². The monoisotopic (exact) mass is 369 g/mol. The van der Waals surface area contributed by atoms with Crippen molar-refractivity contribution < 1.29 is 18.0 Å². The van der Waals surface area contributed by atoms with Gasteiger partial charge < -0.3 is 10.6 Å². The van der Waals surface area contributed by atoms with E-state index >= 15 is 0 Å². The van der Waals surface area contributed by atoms with E-state index in [1.54, 1.807) is 0 Å². The van der Waals surface area contributed by atoms with Gasteiger partial charge in [0.15, 0.2) is 0 Å². The fourth-order valence-corrected chi connectivity index (χ4v) is 2.95. The number of carbonyl (C=O) groups excluding carboxylic acids is 1. The van der Waals surface area contributed by atoms with E-state index in [2.05, 4.69) is 10.6 Å². The van der Waals surface area contributed by atoms with Crippen molar-refractivity contribution in [3.63, 3.8) is 0 Å². The number of hydrogen-bond acceptors (Lipinski definition) is 3. The average Bonchev–Trinajstić information content (AvgIpc) is 2.46. The normalized spacial score (nSPS) is 17.8. The molecule has 1 aliphatic heterocycles. The van der Waals surface area contributed by atoms with Crippen LogP contribution in [0.5, 0.6) is 0 Å². The van der Waals surface area contributed by atoms with Crippen LogP contribution in [0.1, 0.15) is 10.4 Å². The lowest BCUT2D eigenvalue weighted by Crippen LogP contribution is -2.57. The number of piperazine rings is 1. The number of amides is 1. The molecule has 1 amide bonds. The second-order valence-corrected chi connectivity index (χ2v) is 6.08. The maximum Gasteiger partial charge on any atom is 0.405 e. The standard InChI is InChI=1S/C14H16Cl2F3N3O/c15-10-5-9(6-11(16)7-10)13(23)21-8-12(14(17,18)19)22-3-1-20-2-4-22/h5-7,12,20H,1-4,8H2,(H,21,23). The maximum atomic E-state index is 13.2. The van der Waals surface area contributed by atoms with E-state index in [0.717, 1.165) is 0 Å². The van der Waals surface area contributed by atoms with Crippen LogP contribution in [-0.2, 0) is 0 Å². The van der Waals surface area contributed by atoms with Crippen molar-refractivity contribution in [2.24, 2.45) is 0 Å². The highest BCUT2D eigenvalue weighted by atomic mass is 35.5. The van der Waals surface area contributed by atoms with Crippen molar-refractivity contribution >= 4 is 29.1 Å². The van der Waals surface area contributed by atoms with Gasteiger partial charge in [0.1, 0.15) is 6.04 Å². The molecule has 1 heterocycles. The topological polar surface area (TPSA) is 44.4 Å². The Hall–Kier alpha value is -1.02. The maximum absolute atomic E-state index is 13.2. The first kappa shape index (κ1) is 18.3. The summed E-state index contributed by atoms with van der Waals surface area (Å²) in [6.07, 6.45) is -4.42. The van der Waals surface area contributed by atoms with Gasteiger partial charge in [-0.1, -0.05) is 23.2 Å². The lowest BCUT2D eigenvalue weighted by atomic mass is 10.1. The van der Waals surface area contributed by atoms with Crippen LogP contribution in [0.2, 0.25) is 10.0 Å². The van der Waals surface area contributed by atoms with Crippen LogP contribution in [0.3, 0.4) is 0 Å². The smallest absolute Gasteiger partial charge is 0.350 e. The highest BCUT2D eigenvalue weighted by molar-refractivity contribution is 6.35. The number of nitrogens with one attached hydrogen (secondary N) is 2. The van der Waals surface area contributed by atoms with Gasteiger partial charge in [0.2, 0.25) is 0 Å². The molecule has 0 spiro atoms. The Balaban J connectivity index is 2.04. The van der Waals surface area contributed by atoms with E-state index in [1.807, 2.05) is 0 Å². The highest BCUT2D eigenvalue weighted by Crippen LogP contribution is 2.25. The van der Waals surface area contributed by atoms with Gasteiger partial charge in [0.05, 0.1) is 0 Å². The van der Waals surface area contributed by atoms with Gasteiger partial charge in [-0.15, -0.1) is 0 Å². The number of carbonyl (C=O) groups is 1. The Morgan fingerprint density at radius 2 is 1.78 bits per heavy atom. The molecule has 0 bridgehead atoms. The first-order valence-electron chi connectivity index (χ1n) is 7.03. The SMILES string of the molecule is O=C(NCC(N1CCNCC1)C(F)(F)F)c1cc(Cl)cc(Cl)c1. The van der Waals surface area contributed by atoms with Gasteiger partial charge in [-0.3, -0.25) is 9.69 Å². The predicted octanol–water partition coefficient (Wildman–Crippen LogP) is 2.56. The minimum atomic E-state index is -4.42. The molecule has 1 aromatic rings. The van der Waals surface area contributed by atoms with Crippen LogP contribution in [0.15, 0.2) is 18.2 Å². The van der Waals surface area contributed by atoms with Crippen LogP contribution in [0.4, 0.5) is 13.2 Å². The Kier molecular flexibility index (Phi) is 6.13. The van der Waals surface area contributed by atoms with Gasteiger partial charge in [-0.2, -0.15) is 13.2 Å². The van der Waals surface area contributed by atoms with Crippen LogP contribution >= 0.6 is 23.2 Å². The molecule has 4 nitrogen and oxygen atoms in total. The first-order valence-corrected chi connectivity index (χ1v) is 7.79. The van der Waals surface area contributed by atoms with Crippen molar-refractivity contribution in [3.8, 4) is 0 Å². The van der Waals surface area contributed by atoms with Crippen molar-refractivity contribution in [2.45, 2.75) is 12.2 Å². The molecule has 23 heavy (non-hydrogen) atoms. The Morgan fingerprint density at radius 1 is 1.22 bits per heavy atom. The van der Waals surface area contributed by atoms with Crippen LogP contribution in [0.25, 0.3) is 0 Å². The molecule has 1 unspecified atom stereocenters. The van der Waals surface area contributed by atoms with E-state index < -0.39 is 24.7 Å². The minimum Gasteiger partial charge on any atom is -0.350 e. The second kappa shape index (κ2) is 7.70. The van der Waals surface area contributed by atoms with E-state index in [9.17, 15) is 18.0 Å². The van der Waals surface area contributed by atoms with Crippen molar-refractivity contribution in [1.82, 2.24) is 15.5 Å². The first-order chi connectivity index (χ1) is 10.8. The molecule has 1 atom stereocenters. The van der Waals surface area contributed by atoms with Crippen LogP contribution in [0, 0.1) is 0 Å². The summed E-state index contributed by atoms with van der Waals surface area (Å²) in [5, 5.41) is 5.81. The second-order valence-electron chi connectivity index (χ2n) is 5.21. The number of alkyl halides is 3. The molecule has 0 aliphatic carbocycles. The zero-order chi connectivity index (χ0) is 17.0. The number of nitrogens with zero attached hydrogens (tertiary/aromatic N) is 1. The molecular weight excluding hydrogens is 354 g/mol. The Bertz CT molecular complexity index is 542. The third kappa shape index (κ3) is 5.24. The summed E-state index contributed by atoms with van der Waals surface area (Å²) in [7, 11) is 0. The predicted molar refractivity (Wildman–Crippen MR) is 83.1 cm³/mol. The fourth-order valence-electron chi connectivity index (χ4n) is 2.42. The summed E-state index contributed by atoms with van der Waals surface area (Å²) >= 11 is 11.6. The number of rotatable bonds is 4. The molecule has 0 aromatic heterocycles. The molecule has 1 saturated heterocycles. The molecule has 0 radical (unpaired) electrons. The average molecular weight is 370 g/mol. The van der Waals surface area contributed by atoms with E-state index in [1.165, 1.54) is 23.1 Å². The molecule has 1 aromatic carbocycles. The number of hydrogen-bond donors (Lipinski definition) is 2. The fraction of sp³-hybridized carbons (Fsp3) is 0.500. The molecule has 1 aliphatic rings. The lowest BCUT2D eigenvalue weighted by molar-refractivity contribution is -0.183. The third-order valence-electron chi connectivity index (χ3n) is 3.55. The third-order valence-corrected chi connectivity index (χ3v) is 3.99. The van der Waals surface area contributed by atoms with Crippen LogP contribution in [-0.4, -0.2) is 55.7 Å². The van der Waals surface area contributed by atoms with Crippen LogP contribution < -0.4 is 10.6 Å². The quantitative estimate of drug-likeness (QED) is 0.857. The number of halogens is 5. The Labute approximate surface area is 141 Å². The molecule has 0 saturated carbocycles. The molecular formula is C14H16Cl2F3N3O. The minimum absolute atomic E-state index is 0.128.